The van der Waals surface area contributed by atoms with Crippen molar-refractivity contribution in [1.29, 1.82) is 0 Å². The van der Waals surface area contributed by atoms with Crippen molar-refractivity contribution in [2.45, 2.75) is 0 Å². The van der Waals surface area contributed by atoms with Crippen molar-refractivity contribution in [3.05, 3.63) is 31.9 Å². The Kier molecular flexibility index (Phi) is 89.4. The first kappa shape index (κ1) is 15.8. The molecule has 0 rings (SSSR count). The third-order valence-corrected chi connectivity index (χ3v) is 0. The predicted octanol–water partition coefficient (Wildman–Crippen LogP) is 1.35. The monoisotopic (exact) mass is 124 g/mol. The van der Waals surface area contributed by atoms with Crippen LogP contribution in [0.3, 0.4) is 0 Å². The van der Waals surface area contributed by atoms with E-state index in [-0.39, 0.29) is 37.7 Å². The average molecular weight is 124 g/mol. The zero-order chi connectivity index (χ0) is 5.41. The summed E-state index contributed by atoms with van der Waals surface area (Å²) in [6.07, 6.45) is 0. The maximum atomic E-state index is 6.75. The van der Waals surface area contributed by atoms with Crippen molar-refractivity contribution in [2.75, 3.05) is 0 Å². The van der Waals surface area contributed by atoms with E-state index in [0.717, 1.165) is 0 Å². The molecular formula is CaN6. The molecule has 0 atom stereocenters. The summed E-state index contributed by atoms with van der Waals surface area (Å²) in [5.74, 6) is 0. The maximum Gasteiger partial charge on any atom is 2.00 e. The van der Waals surface area contributed by atoms with E-state index in [0.29, 0.717) is 0 Å². The molecule has 0 spiro atoms. The van der Waals surface area contributed by atoms with Gasteiger partial charge >= 0.3 is 37.7 Å². The quantitative estimate of drug-likeness (QED) is 0.200. The van der Waals surface area contributed by atoms with Crippen LogP contribution >= 0.6 is 0 Å². The summed E-state index contributed by atoms with van der Waals surface area (Å²) in [5, 5.41) is 0. The summed E-state index contributed by atoms with van der Waals surface area (Å²) in [6.45, 7) is 0. The fraction of sp³-hybridized carbons (Fsp3) is 0. The molecule has 0 saturated heterocycles. The first-order valence-corrected chi connectivity index (χ1v) is 0.800. The molecule has 0 heterocycles. The van der Waals surface area contributed by atoms with Gasteiger partial charge in [0.25, 0.3) is 0 Å². The minimum atomic E-state index is 0. The topological polar surface area (TPSA) is 117 Å². The Morgan fingerprint density at radius 2 is 0.714 bits per heavy atom. The smallest absolute Gasteiger partial charge is 0.373 e. The molecule has 0 N–H and O–H groups in total. The Bertz CT molecular complexity index is 58.2. The Morgan fingerprint density at radius 3 is 0.714 bits per heavy atom. The fourth-order valence-corrected chi connectivity index (χ4v) is 0. The van der Waals surface area contributed by atoms with Gasteiger partial charge in [-0.2, -0.15) is 0 Å². The van der Waals surface area contributed by atoms with Crippen LogP contribution in [0.5, 0.6) is 0 Å². The zero-order valence-electron chi connectivity index (χ0n) is 3.39. The second kappa shape index (κ2) is 39.6. The Morgan fingerprint density at radius 1 is 0.714 bits per heavy atom. The molecule has 0 amide bonds. The van der Waals surface area contributed by atoms with Gasteiger partial charge in [-0.05, 0) is 0 Å². The van der Waals surface area contributed by atoms with Crippen molar-refractivity contribution in [2.24, 2.45) is 0 Å². The molecule has 0 aromatic rings. The van der Waals surface area contributed by atoms with Gasteiger partial charge in [0.15, 0.2) is 0 Å². The summed E-state index contributed by atoms with van der Waals surface area (Å²) < 4.78 is 0. The van der Waals surface area contributed by atoms with E-state index >= 15 is 0 Å². The molecule has 0 aromatic carbocycles. The van der Waals surface area contributed by atoms with Gasteiger partial charge in [-0.1, -0.05) is 0 Å². The summed E-state index contributed by atoms with van der Waals surface area (Å²) in [4.78, 5) is 3.00. The SMILES string of the molecule is [Ca+2].[N-]=[N+]=[N-].[N-]=[N+]=[N-]. The van der Waals surface area contributed by atoms with Crippen molar-refractivity contribution in [1.82, 2.24) is 0 Å². The fourth-order valence-electron chi connectivity index (χ4n) is 0. The van der Waals surface area contributed by atoms with Crippen molar-refractivity contribution in [3.8, 4) is 0 Å². The average Bonchev–Trinajstić information content (AvgIpc) is 1.39. The second-order valence-corrected chi connectivity index (χ2v) is 0.179. The zero-order valence-corrected chi connectivity index (χ0v) is 5.60. The van der Waals surface area contributed by atoms with Gasteiger partial charge in [0.1, 0.15) is 0 Å². The molecule has 7 heavy (non-hydrogen) atoms. The van der Waals surface area contributed by atoms with Crippen LogP contribution in [0.4, 0.5) is 0 Å². The predicted molar refractivity (Wildman–Crippen MR) is 25.9 cm³/mol. The van der Waals surface area contributed by atoms with Gasteiger partial charge in [0, 0.05) is 0 Å². The van der Waals surface area contributed by atoms with Crippen LogP contribution in [-0.2, 0) is 0 Å². The van der Waals surface area contributed by atoms with Crippen molar-refractivity contribution < 1.29 is 0 Å². The van der Waals surface area contributed by atoms with E-state index in [1.165, 1.54) is 9.82 Å². The van der Waals surface area contributed by atoms with Crippen molar-refractivity contribution >= 4 is 37.7 Å². The van der Waals surface area contributed by atoms with E-state index in [1.807, 2.05) is 0 Å². The van der Waals surface area contributed by atoms with Gasteiger partial charge in [-0.3, -0.25) is 9.82 Å². The molecule has 0 saturated carbocycles. The number of nitrogens with zero attached hydrogens (tertiary/aromatic N) is 6. The Hall–Kier alpha value is -0.120. The molecule has 7 heteroatoms. The van der Waals surface area contributed by atoms with E-state index in [1.54, 1.807) is 0 Å². The Balaban J connectivity index is -0.0000000400. The molecule has 0 unspecified atom stereocenters. The van der Waals surface area contributed by atoms with Crippen molar-refractivity contribution in [3.63, 3.8) is 0 Å². The molecule has 0 aliphatic heterocycles. The van der Waals surface area contributed by atoms with Crippen LogP contribution in [0.25, 0.3) is 31.9 Å². The molecule has 32 valence electrons. The summed E-state index contributed by atoms with van der Waals surface area (Å²) in [6, 6.07) is 0. The van der Waals surface area contributed by atoms with E-state index in [9.17, 15) is 0 Å². The normalized spacial score (nSPS) is 2.29. The molecule has 0 aliphatic rings. The van der Waals surface area contributed by atoms with E-state index < -0.39 is 0 Å². The van der Waals surface area contributed by atoms with E-state index in [4.69, 9.17) is 22.1 Å². The third-order valence-electron chi connectivity index (χ3n) is 0. The first-order valence-electron chi connectivity index (χ1n) is 0.800. The molecule has 6 nitrogen and oxygen atoms in total. The van der Waals surface area contributed by atoms with E-state index in [2.05, 4.69) is 0 Å². The van der Waals surface area contributed by atoms with Gasteiger partial charge in [-0.15, -0.1) is 0 Å². The first-order chi connectivity index (χ1) is 2.83. The summed E-state index contributed by atoms with van der Waals surface area (Å²) in [7, 11) is 0. The maximum absolute atomic E-state index is 6.75. The molecule has 0 aromatic heterocycles. The summed E-state index contributed by atoms with van der Waals surface area (Å²) in [5.41, 5.74) is 27.0. The summed E-state index contributed by atoms with van der Waals surface area (Å²) >= 11 is 0. The van der Waals surface area contributed by atoms with Gasteiger partial charge in [0.05, 0.1) is 0 Å². The van der Waals surface area contributed by atoms with Crippen LogP contribution in [0, 0.1) is 0 Å². The standard InChI is InChI=1S/Ca.2N3/c;2*1-3-2/q+2;2*-1. The minimum absolute atomic E-state index is 0. The van der Waals surface area contributed by atoms with Crippen LogP contribution in [0.1, 0.15) is 0 Å². The number of rotatable bonds is 0. The molecular weight excluding hydrogens is 124 g/mol. The van der Waals surface area contributed by atoms with Gasteiger partial charge < -0.3 is 22.1 Å². The largest absolute Gasteiger partial charge is 2.00 e. The van der Waals surface area contributed by atoms with Gasteiger partial charge in [-0.25, -0.2) is 0 Å². The van der Waals surface area contributed by atoms with Crippen LogP contribution in [-0.4, -0.2) is 37.7 Å². The third kappa shape index (κ3) is 6120. The molecule has 0 fully saturated rings. The Labute approximate surface area is 69.3 Å². The van der Waals surface area contributed by atoms with Crippen LogP contribution in [0.15, 0.2) is 0 Å². The molecule has 0 radical (unpaired) electrons. The van der Waals surface area contributed by atoms with Gasteiger partial charge in [0.2, 0.25) is 0 Å². The molecule has 0 bridgehead atoms. The number of hydrogen-bond acceptors (Lipinski definition) is 0. The number of hydrogen-bond donors (Lipinski definition) is 0. The minimum Gasteiger partial charge on any atom is -0.373 e. The second-order valence-electron chi connectivity index (χ2n) is 0.179. The van der Waals surface area contributed by atoms with Crippen LogP contribution < -0.4 is 0 Å². The molecule has 0 aliphatic carbocycles. The van der Waals surface area contributed by atoms with Crippen LogP contribution in [0.2, 0.25) is 0 Å².